The molecular formula is C23H29FN4O4. The Hall–Kier alpha value is -2.36. The molecule has 0 unspecified atom stereocenters. The molecule has 5 rings (SSSR count). The summed E-state index contributed by atoms with van der Waals surface area (Å²) in [7, 11) is 0. The van der Waals surface area contributed by atoms with E-state index >= 15 is 0 Å². The van der Waals surface area contributed by atoms with Gasteiger partial charge in [0.25, 0.3) is 5.91 Å². The molecule has 32 heavy (non-hydrogen) atoms. The molecule has 1 spiro atoms. The van der Waals surface area contributed by atoms with Crippen LogP contribution in [0.25, 0.3) is 0 Å². The maximum atomic E-state index is 13.5. The predicted molar refractivity (Wildman–Crippen MR) is 113 cm³/mol. The molecule has 9 heteroatoms. The summed E-state index contributed by atoms with van der Waals surface area (Å²) in [6.07, 6.45) is 1.72. The Bertz CT molecular complexity index is 917. The number of aliphatic hydroxyl groups is 1. The van der Waals surface area contributed by atoms with E-state index in [0.29, 0.717) is 58.5 Å². The molecule has 0 aliphatic carbocycles. The summed E-state index contributed by atoms with van der Waals surface area (Å²) in [5.41, 5.74) is 0.158. The van der Waals surface area contributed by atoms with Crippen LogP contribution in [0.15, 0.2) is 24.3 Å². The number of imide groups is 1. The van der Waals surface area contributed by atoms with Crippen molar-refractivity contribution >= 4 is 17.7 Å². The molecule has 4 saturated heterocycles. The van der Waals surface area contributed by atoms with Gasteiger partial charge in [0, 0.05) is 52.2 Å². The van der Waals surface area contributed by atoms with E-state index < -0.39 is 17.7 Å². The van der Waals surface area contributed by atoms with Crippen molar-refractivity contribution in [3.63, 3.8) is 0 Å². The van der Waals surface area contributed by atoms with Crippen molar-refractivity contribution in [2.75, 3.05) is 39.3 Å². The summed E-state index contributed by atoms with van der Waals surface area (Å²) >= 11 is 0. The fourth-order valence-corrected chi connectivity index (χ4v) is 5.72. The topological polar surface area (TPSA) is 84.4 Å². The van der Waals surface area contributed by atoms with Gasteiger partial charge in [-0.2, -0.15) is 0 Å². The number of piperazine rings is 1. The van der Waals surface area contributed by atoms with Crippen LogP contribution < -0.4 is 0 Å². The van der Waals surface area contributed by atoms with Crippen LogP contribution in [0.5, 0.6) is 0 Å². The van der Waals surface area contributed by atoms with Gasteiger partial charge in [0.05, 0.1) is 12.1 Å². The van der Waals surface area contributed by atoms with Crippen LogP contribution in [0, 0.1) is 5.82 Å². The number of halogens is 1. The average Bonchev–Trinajstić information content (AvgIpc) is 3.33. The number of fused-ring (bicyclic) bond motifs is 2. The number of amides is 3. The zero-order valence-corrected chi connectivity index (χ0v) is 18.1. The van der Waals surface area contributed by atoms with E-state index in [1.807, 2.05) is 4.90 Å². The molecule has 8 nitrogen and oxygen atoms in total. The molecule has 4 aliphatic heterocycles. The fourth-order valence-electron chi connectivity index (χ4n) is 5.72. The molecule has 1 aromatic carbocycles. The summed E-state index contributed by atoms with van der Waals surface area (Å²) in [5, 5.41) is 10.3. The number of rotatable bonds is 6. The first kappa shape index (κ1) is 21.5. The van der Waals surface area contributed by atoms with Gasteiger partial charge in [-0.3, -0.25) is 29.1 Å². The molecule has 172 valence electrons. The molecule has 0 aromatic heterocycles. The molecule has 0 bridgehead atoms. The van der Waals surface area contributed by atoms with Crippen molar-refractivity contribution in [3.05, 3.63) is 35.6 Å². The van der Waals surface area contributed by atoms with E-state index in [2.05, 4.69) is 4.90 Å². The van der Waals surface area contributed by atoms with Crippen molar-refractivity contribution in [3.8, 4) is 0 Å². The number of carbonyl (C=O) groups excluding carboxylic acids is 3. The lowest BCUT2D eigenvalue weighted by atomic mass is 9.82. The second-order valence-electron chi connectivity index (χ2n) is 9.49. The molecular weight excluding hydrogens is 415 g/mol. The maximum absolute atomic E-state index is 13.5. The van der Waals surface area contributed by atoms with Crippen molar-refractivity contribution in [2.24, 2.45) is 0 Å². The molecule has 4 fully saturated rings. The maximum Gasteiger partial charge on any atom is 0.252 e. The van der Waals surface area contributed by atoms with Crippen LogP contribution in [0.2, 0.25) is 0 Å². The van der Waals surface area contributed by atoms with Gasteiger partial charge in [-0.1, -0.05) is 12.1 Å². The quantitative estimate of drug-likeness (QED) is 0.631. The fraction of sp³-hybridized carbons (Fsp3) is 0.609. The highest BCUT2D eigenvalue weighted by atomic mass is 19.1. The molecule has 1 aromatic rings. The van der Waals surface area contributed by atoms with Gasteiger partial charge in [-0.15, -0.1) is 0 Å². The molecule has 4 heterocycles. The van der Waals surface area contributed by atoms with Gasteiger partial charge in [0.15, 0.2) is 0 Å². The van der Waals surface area contributed by atoms with E-state index in [0.717, 1.165) is 18.5 Å². The van der Waals surface area contributed by atoms with Crippen LogP contribution in [0.3, 0.4) is 0 Å². The lowest BCUT2D eigenvalue weighted by Gasteiger charge is -2.58. The largest absolute Gasteiger partial charge is 0.392 e. The number of hydrogen-bond acceptors (Lipinski definition) is 6. The third kappa shape index (κ3) is 3.62. The Kier molecular flexibility index (Phi) is 5.51. The normalized spacial score (nSPS) is 28.0. The van der Waals surface area contributed by atoms with Crippen LogP contribution in [-0.4, -0.2) is 99.4 Å². The summed E-state index contributed by atoms with van der Waals surface area (Å²) in [6, 6.07) is 5.84. The number of benzene rings is 1. The Morgan fingerprint density at radius 1 is 1.09 bits per heavy atom. The van der Waals surface area contributed by atoms with E-state index in [1.54, 1.807) is 17.0 Å². The number of aliphatic hydroxyl groups excluding tert-OH is 1. The van der Waals surface area contributed by atoms with E-state index in [1.165, 1.54) is 17.0 Å². The predicted octanol–water partition coefficient (Wildman–Crippen LogP) is 0.197. The monoisotopic (exact) mass is 444 g/mol. The average molecular weight is 445 g/mol. The van der Waals surface area contributed by atoms with Gasteiger partial charge in [-0.05, 0) is 37.0 Å². The van der Waals surface area contributed by atoms with Crippen LogP contribution in [0.1, 0.15) is 31.2 Å². The van der Waals surface area contributed by atoms with Gasteiger partial charge in [0.2, 0.25) is 11.8 Å². The second-order valence-corrected chi connectivity index (χ2v) is 9.49. The van der Waals surface area contributed by atoms with E-state index in [4.69, 9.17) is 0 Å². The molecule has 4 aliphatic rings. The Labute approximate surface area is 186 Å². The number of nitrogens with zero attached hydrogens (tertiary/aromatic N) is 4. The molecule has 1 N–H and O–H groups in total. The molecule has 3 amide bonds. The highest BCUT2D eigenvalue weighted by molar-refractivity contribution is 6.06. The minimum absolute atomic E-state index is 0.137. The summed E-state index contributed by atoms with van der Waals surface area (Å²) in [4.78, 5) is 45.7. The smallest absolute Gasteiger partial charge is 0.252 e. The minimum atomic E-state index is -0.806. The Balaban J connectivity index is 1.28. The van der Waals surface area contributed by atoms with Crippen molar-refractivity contribution in [1.29, 1.82) is 0 Å². The molecule has 2 atom stereocenters. The van der Waals surface area contributed by atoms with E-state index in [9.17, 15) is 23.9 Å². The van der Waals surface area contributed by atoms with Gasteiger partial charge in [-0.25, -0.2) is 4.39 Å². The summed E-state index contributed by atoms with van der Waals surface area (Å²) in [6.45, 7) is 3.45. The van der Waals surface area contributed by atoms with Crippen LogP contribution in [-0.2, 0) is 20.9 Å². The lowest BCUT2D eigenvalue weighted by molar-refractivity contribution is -0.180. The third-order valence-electron chi connectivity index (χ3n) is 7.29. The Morgan fingerprint density at radius 2 is 1.84 bits per heavy atom. The van der Waals surface area contributed by atoms with Crippen LogP contribution in [0.4, 0.5) is 4.39 Å². The molecule has 0 radical (unpaired) electrons. The number of likely N-dealkylation sites (tertiary alicyclic amines) is 2. The van der Waals surface area contributed by atoms with E-state index in [-0.39, 0.29) is 23.5 Å². The number of carbonyl (C=O) groups is 3. The van der Waals surface area contributed by atoms with Crippen molar-refractivity contribution in [2.45, 2.75) is 49.9 Å². The lowest BCUT2D eigenvalue weighted by Crippen LogP contribution is -2.81. The molecule has 0 saturated carbocycles. The standard InChI is InChI=1S/C23H29FN4O4/c24-17-6-4-16(5-7-17)12-25-14-23(15-25)22(32)27(10-2-9-26-8-1-3-20(26)30)21(31)19-11-18(29)13-28(19)23/h4-7,18-19,29H,1-3,8-15H2/t18-,19+/m1/s1. The summed E-state index contributed by atoms with van der Waals surface area (Å²) < 4.78 is 13.2. The van der Waals surface area contributed by atoms with Gasteiger partial charge < -0.3 is 10.0 Å². The van der Waals surface area contributed by atoms with Crippen LogP contribution >= 0.6 is 0 Å². The van der Waals surface area contributed by atoms with Gasteiger partial charge >= 0.3 is 0 Å². The SMILES string of the molecule is O=C1CCCN1CCCN1C(=O)[C@@H]2C[C@@H](O)CN2C2(CN(Cc3ccc(F)cc3)C2)C1=O. The zero-order chi connectivity index (χ0) is 22.5. The van der Waals surface area contributed by atoms with Crippen molar-refractivity contribution in [1.82, 2.24) is 19.6 Å². The first-order valence-electron chi connectivity index (χ1n) is 11.4. The highest BCUT2D eigenvalue weighted by Crippen LogP contribution is 2.40. The summed E-state index contributed by atoms with van der Waals surface area (Å²) in [5.74, 6) is -0.578. The Morgan fingerprint density at radius 3 is 2.53 bits per heavy atom. The minimum Gasteiger partial charge on any atom is -0.392 e. The van der Waals surface area contributed by atoms with Gasteiger partial charge in [0.1, 0.15) is 11.4 Å². The first-order valence-corrected chi connectivity index (χ1v) is 11.4. The third-order valence-corrected chi connectivity index (χ3v) is 7.29. The number of β-amino-alcohol motifs (C(OH)–C–C–N with tert-alkyl or cyclic N) is 1. The zero-order valence-electron chi connectivity index (χ0n) is 18.1. The highest BCUT2D eigenvalue weighted by Gasteiger charge is 2.64. The first-order chi connectivity index (χ1) is 15.4. The van der Waals surface area contributed by atoms with Crippen molar-refractivity contribution < 1.29 is 23.9 Å². The second kappa shape index (κ2) is 8.20. The number of hydrogen-bond donors (Lipinski definition) is 1.